The molecule has 27 heavy (non-hydrogen) atoms. The number of rotatable bonds is 5. The van der Waals surface area contributed by atoms with Crippen molar-refractivity contribution < 1.29 is 9.13 Å². The molecule has 0 spiro atoms. The van der Waals surface area contributed by atoms with Crippen LogP contribution >= 0.6 is 0 Å². The number of benzene rings is 1. The Morgan fingerprint density at radius 1 is 1.04 bits per heavy atom. The Hall–Kier alpha value is -3.81. The predicted octanol–water partition coefficient (Wildman–Crippen LogP) is 3.46. The summed E-state index contributed by atoms with van der Waals surface area (Å²) in [5, 5.41) is 3.77. The van der Waals surface area contributed by atoms with Crippen molar-refractivity contribution in [2.45, 2.75) is 6.61 Å². The number of hydrogen-bond donors (Lipinski definition) is 2. The van der Waals surface area contributed by atoms with Crippen molar-refractivity contribution in [2.24, 2.45) is 0 Å². The second-order valence-corrected chi connectivity index (χ2v) is 5.73. The van der Waals surface area contributed by atoms with Crippen LogP contribution in [0.25, 0.3) is 10.9 Å². The Morgan fingerprint density at radius 3 is 2.78 bits per heavy atom. The van der Waals surface area contributed by atoms with Crippen molar-refractivity contribution in [3.05, 3.63) is 72.7 Å². The highest BCUT2D eigenvalue weighted by atomic mass is 19.1. The molecule has 0 saturated carbocycles. The first-order chi connectivity index (χ1) is 13.2. The molecule has 3 heterocycles. The van der Waals surface area contributed by atoms with Gasteiger partial charge in [0.15, 0.2) is 11.6 Å². The van der Waals surface area contributed by atoms with Crippen molar-refractivity contribution in [1.29, 1.82) is 0 Å². The minimum Gasteiger partial charge on any atom is -0.484 e. The van der Waals surface area contributed by atoms with E-state index in [9.17, 15) is 4.39 Å². The van der Waals surface area contributed by atoms with Gasteiger partial charge in [0.25, 0.3) is 0 Å². The van der Waals surface area contributed by atoms with Crippen LogP contribution < -0.4 is 15.8 Å². The largest absolute Gasteiger partial charge is 0.484 e. The second kappa shape index (κ2) is 7.20. The highest BCUT2D eigenvalue weighted by Gasteiger charge is 2.09. The fraction of sp³-hybridized carbons (Fsp3) is 0.0526. The minimum absolute atomic E-state index is 0.146. The van der Waals surface area contributed by atoms with Gasteiger partial charge in [0, 0.05) is 23.3 Å². The molecule has 8 heteroatoms. The van der Waals surface area contributed by atoms with Crippen LogP contribution in [-0.2, 0) is 6.61 Å². The van der Waals surface area contributed by atoms with Crippen LogP contribution in [0.5, 0.6) is 5.75 Å². The Kier molecular flexibility index (Phi) is 4.44. The van der Waals surface area contributed by atoms with Gasteiger partial charge in [0.2, 0.25) is 0 Å². The number of pyridine rings is 2. The molecule has 0 aliphatic heterocycles. The predicted molar refractivity (Wildman–Crippen MR) is 100.0 cm³/mol. The van der Waals surface area contributed by atoms with Gasteiger partial charge in [-0.2, -0.15) is 0 Å². The molecule has 0 unspecified atom stereocenters. The molecule has 0 bridgehead atoms. The van der Waals surface area contributed by atoms with Crippen LogP contribution in [-0.4, -0.2) is 19.9 Å². The van der Waals surface area contributed by atoms with Crippen molar-refractivity contribution in [3.8, 4) is 5.75 Å². The highest BCUT2D eigenvalue weighted by molar-refractivity contribution is 5.91. The van der Waals surface area contributed by atoms with Gasteiger partial charge in [-0.15, -0.1) is 0 Å². The van der Waals surface area contributed by atoms with Gasteiger partial charge >= 0.3 is 0 Å². The number of aromatic nitrogens is 4. The van der Waals surface area contributed by atoms with Gasteiger partial charge in [-0.3, -0.25) is 4.98 Å². The van der Waals surface area contributed by atoms with Gasteiger partial charge in [-0.25, -0.2) is 19.3 Å². The normalized spacial score (nSPS) is 10.7. The van der Waals surface area contributed by atoms with Crippen LogP contribution in [0.3, 0.4) is 0 Å². The smallest absolute Gasteiger partial charge is 0.167 e. The van der Waals surface area contributed by atoms with Gasteiger partial charge in [0.05, 0.1) is 17.4 Å². The Labute approximate surface area is 154 Å². The molecule has 4 aromatic rings. The highest BCUT2D eigenvalue weighted by Crippen LogP contribution is 2.27. The summed E-state index contributed by atoms with van der Waals surface area (Å²) in [7, 11) is 0. The lowest BCUT2D eigenvalue weighted by Crippen LogP contribution is -2.01. The van der Waals surface area contributed by atoms with E-state index in [1.54, 1.807) is 30.6 Å². The zero-order chi connectivity index (χ0) is 18.6. The van der Waals surface area contributed by atoms with E-state index in [4.69, 9.17) is 10.5 Å². The van der Waals surface area contributed by atoms with Gasteiger partial charge in [-0.05, 0) is 30.3 Å². The number of halogens is 1. The standard InChI is InChI=1S/C19H15FN6O/c20-15-7-12(4-5-17(15)27-10-13-3-1-2-6-22-13)26-19-14-8-18(21)23-9-16(14)24-11-25-19/h1-9,11H,10H2,(H2,21,23)(H,24,25,26). The Balaban J connectivity index is 1.54. The third kappa shape index (κ3) is 3.74. The van der Waals surface area contributed by atoms with Gasteiger partial charge in [-0.1, -0.05) is 6.07 Å². The molecular formula is C19H15FN6O. The zero-order valence-corrected chi connectivity index (χ0v) is 14.1. The molecule has 3 N–H and O–H groups in total. The van der Waals surface area contributed by atoms with E-state index in [1.807, 2.05) is 18.2 Å². The molecule has 3 aromatic heterocycles. The SMILES string of the molecule is Nc1cc2c(Nc3ccc(OCc4ccccn4)c(F)c3)ncnc2cn1. The van der Waals surface area contributed by atoms with Crippen molar-refractivity contribution >= 4 is 28.2 Å². The molecule has 0 saturated heterocycles. The number of ether oxygens (including phenoxy) is 1. The van der Waals surface area contributed by atoms with Crippen LogP contribution in [0, 0.1) is 5.82 Å². The Bertz CT molecular complexity index is 1090. The van der Waals surface area contributed by atoms with E-state index < -0.39 is 5.82 Å². The molecule has 0 radical (unpaired) electrons. The van der Waals surface area contributed by atoms with E-state index >= 15 is 0 Å². The molecule has 7 nitrogen and oxygen atoms in total. The summed E-state index contributed by atoms with van der Waals surface area (Å²) in [6, 6.07) is 11.7. The average Bonchev–Trinajstić information content (AvgIpc) is 2.69. The minimum atomic E-state index is -0.490. The first-order valence-electron chi connectivity index (χ1n) is 8.14. The van der Waals surface area contributed by atoms with E-state index in [1.165, 1.54) is 12.4 Å². The lowest BCUT2D eigenvalue weighted by molar-refractivity contribution is 0.286. The lowest BCUT2D eigenvalue weighted by atomic mass is 10.2. The molecule has 1 aromatic carbocycles. The summed E-state index contributed by atoms with van der Waals surface area (Å²) in [6.07, 6.45) is 4.63. The zero-order valence-electron chi connectivity index (χ0n) is 14.1. The van der Waals surface area contributed by atoms with E-state index in [2.05, 4.69) is 25.3 Å². The molecule has 0 aliphatic rings. The number of nitrogens with zero attached hydrogens (tertiary/aromatic N) is 4. The van der Waals surface area contributed by atoms with Crippen molar-refractivity contribution in [2.75, 3.05) is 11.1 Å². The first kappa shape index (κ1) is 16.6. The van der Waals surface area contributed by atoms with Crippen LogP contribution in [0.15, 0.2) is 61.2 Å². The third-order valence-corrected chi connectivity index (χ3v) is 3.84. The number of fused-ring (bicyclic) bond motifs is 1. The summed E-state index contributed by atoms with van der Waals surface area (Å²) < 4.78 is 19.9. The topological polar surface area (TPSA) is 98.8 Å². The maximum absolute atomic E-state index is 14.4. The van der Waals surface area contributed by atoms with E-state index in [-0.39, 0.29) is 12.4 Å². The molecule has 4 rings (SSSR count). The first-order valence-corrected chi connectivity index (χ1v) is 8.14. The van der Waals surface area contributed by atoms with Crippen LogP contribution in [0.2, 0.25) is 0 Å². The fourth-order valence-electron chi connectivity index (χ4n) is 2.54. The molecule has 134 valence electrons. The monoisotopic (exact) mass is 362 g/mol. The number of nitrogen functional groups attached to an aromatic ring is 1. The number of anilines is 3. The number of nitrogens with two attached hydrogens (primary N) is 1. The maximum Gasteiger partial charge on any atom is 0.167 e. The van der Waals surface area contributed by atoms with E-state index in [0.717, 1.165) is 5.69 Å². The van der Waals surface area contributed by atoms with Crippen molar-refractivity contribution in [1.82, 2.24) is 19.9 Å². The summed E-state index contributed by atoms with van der Waals surface area (Å²) >= 11 is 0. The van der Waals surface area contributed by atoms with Gasteiger partial charge in [0.1, 0.15) is 24.6 Å². The molecule has 0 atom stereocenters. The molecular weight excluding hydrogens is 347 g/mol. The third-order valence-electron chi connectivity index (χ3n) is 3.84. The molecule has 0 fully saturated rings. The quantitative estimate of drug-likeness (QED) is 0.561. The lowest BCUT2D eigenvalue weighted by Gasteiger charge is -2.11. The molecule has 0 amide bonds. The van der Waals surface area contributed by atoms with Crippen LogP contribution in [0.4, 0.5) is 21.7 Å². The second-order valence-electron chi connectivity index (χ2n) is 5.73. The fourth-order valence-corrected chi connectivity index (χ4v) is 2.54. The number of nitrogens with one attached hydrogen (secondary N) is 1. The maximum atomic E-state index is 14.4. The van der Waals surface area contributed by atoms with Crippen LogP contribution in [0.1, 0.15) is 5.69 Å². The Morgan fingerprint density at radius 2 is 1.96 bits per heavy atom. The summed E-state index contributed by atoms with van der Waals surface area (Å²) in [5.41, 5.74) is 7.61. The van der Waals surface area contributed by atoms with Gasteiger partial charge < -0.3 is 15.8 Å². The summed E-state index contributed by atoms with van der Waals surface area (Å²) in [5.74, 6) is 0.517. The van der Waals surface area contributed by atoms with Crippen molar-refractivity contribution in [3.63, 3.8) is 0 Å². The van der Waals surface area contributed by atoms with E-state index in [0.29, 0.717) is 28.2 Å². The summed E-state index contributed by atoms with van der Waals surface area (Å²) in [6.45, 7) is 0.188. The average molecular weight is 362 g/mol. The molecule has 0 aliphatic carbocycles. The number of hydrogen-bond acceptors (Lipinski definition) is 7. The summed E-state index contributed by atoms with van der Waals surface area (Å²) in [4.78, 5) is 16.5.